The molecule has 34 heavy (non-hydrogen) atoms. The molecule has 0 bridgehead atoms. The molecule has 1 saturated heterocycles. The summed E-state index contributed by atoms with van der Waals surface area (Å²) in [5, 5.41) is 0.666. The van der Waals surface area contributed by atoms with Crippen LogP contribution in [-0.2, 0) is 19.1 Å². The Morgan fingerprint density at radius 3 is 2.68 bits per heavy atom. The van der Waals surface area contributed by atoms with Gasteiger partial charge in [0.15, 0.2) is 5.78 Å². The average Bonchev–Trinajstić information content (AvgIpc) is 3.19. The van der Waals surface area contributed by atoms with E-state index in [1.54, 1.807) is 19.1 Å². The summed E-state index contributed by atoms with van der Waals surface area (Å²) in [5.74, 6) is -0.368. The smallest absolute Gasteiger partial charge is 0.332 e. The first kappa shape index (κ1) is 25.7. The van der Waals surface area contributed by atoms with Crippen LogP contribution in [0.3, 0.4) is 0 Å². The van der Waals surface area contributed by atoms with Crippen molar-refractivity contribution in [3.8, 4) is 11.1 Å². The minimum Gasteiger partial charge on any atom is -0.464 e. The molecule has 1 heterocycles. The van der Waals surface area contributed by atoms with Crippen molar-refractivity contribution in [2.45, 2.75) is 38.6 Å². The predicted molar refractivity (Wildman–Crippen MR) is 132 cm³/mol. The zero-order valence-electron chi connectivity index (χ0n) is 19.4. The van der Waals surface area contributed by atoms with Crippen LogP contribution >= 0.6 is 11.6 Å². The summed E-state index contributed by atoms with van der Waals surface area (Å²) in [7, 11) is 0. The third-order valence-electron chi connectivity index (χ3n) is 5.63. The van der Waals surface area contributed by atoms with Gasteiger partial charge >= 0.3 is 5.97 Å². The number of carbonyl (C=O) groups is 3. The number of ether oxygens (including phenoxy) is 2. The Kier molecular flexibility index (Phi) is 9.86. The Bertz CT molecular complexity index is 1020. The lowest BCUT2D eigenvalue weighted by atomic mass is 10.0. The molecule has 3 rings (SSSR count). The predicted octanol–water partition coefficient (Wildman–Crippen LogP) is 5.10. The second kappa shape index (κ2) is 13.1. The molecular weight excluding hydrogens is 454 g/mol. The number of unbranched alkanes of at least 4 members (excludes halogenated alkanes) is 1. The minimum absolute atomic E-state index is 0.0524. The number of likely N-dealkylation sites (tertiary alicyclic amines) is 1. The minimum atomic E-state index is -0.370. The van der Waals surface area contributed by atoms with Gasteiger partial charge in [0, 0.05) is 30.2 Å². The van der Waals surface area contributed by atoms with Crippen molar-refractivity contribution in [1.82, 2.24) is 4.90 Å². The molecule has 0 N–H and O–H groups in total. The summed E-state index contributed by atoms with van der Waals surface area (Å²) in [5.41, 5.74) is 2.53. The fraction of sp³-hybridized carbons (Fsp3) is 0.370. The van der Waals surface area contributed by atoms with Gasteiger partial charge < -0.3 is 14.4 Å². The van der Waals surface area contributed by atoms with Crippen LogP contribution in [0.1, 0.15) is 43.0 Å². The number of nitrogens with zero attached hydrogens (tertiary/aromatic N) is 1. The number of hydrogen-bond acceptors (Lipinski definition) is 5. The molecule has 0 aliphatic carbocycles. The molecule has 0 spiro atoms. The lowest BCUT2D eigenvalue weighted by Crippen LogP contribution is -2.32. The maximum atomic E-state index is 12.8. The quantitative estimate of drug-likeness (QED) is 0.182. The Labute approximate surface area is 205 Å². The standard InChI is InChI=1S/C27H30ClNO5/c1-2-34-27(32)19-33-17-4-3-16-29-24(13-15-26(29)31)12-14-25(30)22-7-5-6-21(18-22)20-8-10-23(28)11-9-20/h5-12,14,18,24H,2-4,13,15-17,19H2,1H3. The topological polar surface area (TPSA) is 72.9 Å². The van der Waals surface area contributed by atoms with E-state index in [9.17, 15) is 14.4 Å². The van der Waals surface area contributed by atoms with E-state index in [2.05, 4.69) is 0 Å². The van der Waals surface area contributed by atoms with E-state index in [4.69, 9.17) is 21.1 Å². The van der Waals surface area contributed by atoms with E-state index in [0.29, 0.717) is 43.2 Å². The highest BCUT2D eigenvalue weighted by Gasteiger charge is 2.28. The first-order chi connectivity index (χ1) is 16.5. The van der Waals surface area contributed by atoms with Crippen molar-refractivity contribution < 1.29 is 23.9 Å². The third kappa shape index (κ3) is 7.54. The van der Waals surface area contributed by atoms with Gasteiger partial charge in [-0.1, -0.05) is 48.0 Å². The van der Waals surface area contributed by atoms with Crippen LogP contribution in [-0.4, -0.2) is 55.0 Å². The highest BCUT2D eigenvalue weighted by atomic mass is 35.5. The van der Waals surface area contributed by atoms with Crippen LogP contribution in [0.4, 0.5) is 0 Å². The lowest BCUT2D eigenvalue weighted by molar-refractivity contribution is -0.148. The Morgan fingerprint density at radius 1 is 1.12 bits per heavy atom. The SMILES string of the molecule is CCOC(=O)COCCCCN1C(=O)CCC1C=CC(=O)c1cccc(-c2ccc(Cl)cc2)c1. The molecule has 1 unspecified atom stereocenters. The zero-order chi connectivity index (χ0) is 24.3. The van der Waals surface area contributed by atoms with Crippen LogP contribution in [0.5, 0.6) is 0 Å². The van der Waals surface area contributed by atoms with E-state index >= 15 is 0 Å². The monoisotopic (exact) mass is 483 g/mol. The average molecular weight is 484 g/mol. The van der Waals surface area contributed by atoms with Crippen LogP contribution < -0.4 is 0 Å². The Hall–Kier alpha value is -2.96. The molecule has 0 radical (unpaired) electrons. The van der Waals surface area contributed by atoms with Crippen LogP contribution in [0.25, 0.3) is 11.1 Å². The summed E-state index contributed by atoms with van der Waals surface area (Å²) in [6.07, 6.45) is 6.08. The van der Waals surface area contributed by atoms with Crippen LogP contribution in [0.15, 0.2) is 60.7 Å². The molecule has 1 amide bonds. The maximum Gasteiger partial charge on any atom is 0.332 e. The van der Waals surface area contributed by atoms with Gasteiger partial charge in [-0.2, -0.15) is 0 Å². The Balaban J connectivity index is 1.51. The fourth-order valence-electron chi connectivity index (χ4n) is 3.88. The third-order valence-corrected chi connectivity index (χ3v) is 5.88. The number of benzene rings is 2. The molecule has 2 aromatic rings. The summed E-state index contributed by atoms with van der Waals surface area (Å²) >= 11 is 5.97. The van der Waals surface area contributed by atoms with E-state index in [0.717, 1.165) is 24.0 Å². The van der Waals surface area contributed by atoms with E-state index in [-0.39, 0.29) is 30.3 Å². The molecule has 2 aromatic carbocycles. The fourth-order valence-corrected chi connectivity index (χ4v) is 4.01. The zero-order valence-corrected chi connectivity index (χ0v) is 20.1. The molecule has 1 aliphatic rings. The summed E-state index contributed by atoms with van der Waals surface area (Å²) in [4.78, 5) is 38.2. The first-order valence-corrected chi connectivity index (χ1v) is 12.0. The first-order valence-electron chi connectivity index (χ1n) is 11.6. The van der Waals surface area contributed by atoms with Gasteiger partial charge in [0.2, 0.25) is 5.91 Å². The number of ketones is 1. The summed E-state index contributed by atoms with van der Waals surface area (Å²) < 4.78 is 10.1. The number of rotatable bonds is 12. The van der Waals surface area contributed by atoms with Crippen LogP contribution in [0.2, 0.25) is 5.02 Å². The number of esters is 1. The van der Waals surface area contributed by atoms with Gasteiger partial charge in [0.25, 0.3) is 0 Å². The lowest BCUT2D eigenvalue weighted by Gasteiger charge is -2.22. The van der Waals surface area contributed by atoms with Gasteiger partial charge in [-0.05, 0) is 61.6 Å². The van der Waals surface area contributed by atoms with Crippen molar-refractivity contribution in [3.05, 3.63) is 71.3 Å². The molecule has 1 aliphatic heterocycles. The van der Waals surface area contributed by atoms with Gasteiger partial charge in [0.1, 0.15) is 6.61 Å². The van der Waals surface area contributed by atoms with Crippen LogP contribution in [0, 0.1) is 0 Å². The van der Waals surface area contributed by atoms with E-state index in [1.807, 2.05) is 53.4 Å². The number of carbonyl (C=O) groups excluding carboxylic acids is 3. The molecular formula is C27H30ClNO5. The second-order valence-corrected chi connectivity index (χ2v) is 8.51. The largest absolute Gasteiger partial charge is 0.464 e. The molecule has 180 valence electrons. The number of halogens is 1. The highest BCUT2D eigenvalue weighted by molar-refractivity contribution is 6.30. The van der Waals surface area contributed by atoms with Crippen molar-refractivity contribution in [3.63, 3.8) is 0 Å². The second-order valence-electron chi connectivity index (χ2n) is 8.07. The van der Waals surface area contributed by atoms with E-state index in [1.165, 1.54) is 0 Å². The molecule has 1 fully saturated rings. The Morgan fingerprint density at radius 2 is 1.91 bits per heavy atom. The van der Waals surface area contributed by atoms with Gasteiger partial charge in [-0.3, -0.25) is 9.59 Å². The molecule has 0 aromatic heterocycles. The van der Waals surface area contributed by atoms with Gasteiger partial charge in [-0.25, -0.2) is 4.79 Å². The van der Waals surface area contributed by atoms with Crippen molar-refractivity contribution in [1.29, 1.82) is 0 Å². The molecule has 0 saturated carbocycles. The molecule has 1 atom stereocenters. The highest BCUT2D eigenvalue weighted by Crippen LogP contribution is 2.24. The molecule has 7 heteroatoms. The number of hydrogen-bond donors (Lipinski definition) is 0. The van der Waals surface area contributed by atoms with Crippen molar-refractivity contribution in [2.24, 2.45) is 0 Å². The number of allylic oxidation sites excluding steroid dienone is 1. The van der Waals surface area contributed by atoms with Crippen molar-refractivity contribution in [2.75, 3.05) is 26.4 Å². The van der Waals surface area contributed by atoms with Gasteiger partial charge in [0.05, 0.1) is 12.6 Å². The van der Waals surface area contributed by atoms with E-state index < -0.39 is 0 Å². The van der Waals surface area contributed by atoms with Crippen molar-refractivity contribution >= 4 is 29.3 Å². The summed E-state index contributed by atoms with van der Waals surface area (Å²) in [6, 6.07) is 14.9. The normalized spacial score (nSPS) is 15.8. The maximum absolute atomic E-state index is 12.8. The summed E-state index contributed by atoms with van der Waals surface area (Å²) in [6.45, 7) is 3.07. The van der Waals surface area contributed by atoms with Gasteiger partial charge in [-0.15, -0.1) is 0 Å². The number of amides is 1. The molecule has 6 nitrogen and oxygen atoms in total.